The molecule has 1 aliphatic rings. The normalized spacial score (nSPS) is 15.8. The maximum absolute atomic E-state index is 12.3. The molecule has 1 N–H and O–H groups in total. The van der Waals surface area contributed by atoms with E-state index >= 15 is 0 Å². The Morgan fingerprint density at radius 2 is 2.04 bits per heavy atom. The molecule has 140 valence electrons. The lowest BCUT2D eigenvalue weighted by atomic mass is 10.0. The minimum atomic E-state index is -0.0339. The zero-order chi connectivity index (χ0) is 18.4. The fourth-order valence-electron chi connectivity index (χ4n) is 3.40. The van der Waals surface area contributed by atoms with Gasteiger partial charge in [-0.3, -0.25) is 9.69 Å². The van der Waals surface area contributed by atoms with E-state index in [4.69, 9.17) is 9.26 Å². The number of hydrogen-bond acceptors (Lipinski definition) is 5. The van der Waals surface area contributed by atoms with E-state index in [1.54, 1.807) is 6.07 Å². The Bertz CT molecular complexity index is 705. The Labute approximate surface area is 154 Å². The first-order chi connectivity index (χ1) is 12.7. The fraction of sp³-hybridized carbons (Fsp3) is 0.500. The number of carbonyl (C=O) groups is 1. The average molecular weight is 357 g/mol. The monoisotopic (exact) mass is 357 g/mol. The zero-order valence-corrected chi connectivity index (χ0v) is 15.5. The van der Waals surface area contributed by atoms with Gasteiger partial charge >= 0.3 is 0 Å². The number of amides is 1. The lowest BCUT2D eigenvalue weighted by molar-refractivity contribution is -0.120. The van der Waals surface area contributed by atoms with Gasteiger partial charge in [0.1, 0.15) is 11.5 Å². The third kappa shape index (κ3) is 4.85. The van der Waals surface area contributed by atoms with Gasteiger partial charge in [-0.05, 0) is 57.5 Å². The lowest BCUT2D eigenvalue weighted by Gasteiger charge is -2.28. The van der Waals surface area contributed by atoms with Crippen molar-refractivity contribution in [3.63, 3.8) is 0 Å². The molecule has 0 spiro atoms. The van der Waals surface area contributed by atoms with Crippen molar-refractivity contribution < 1.29 is 14.1 Å². The van der Waals surface area contributed by atoms with Crippen LogP contribution in [0.4, 0.5) is 0 Å². The van der Waals surface area contributed by atoms with Gasteiger partial charge in [0.2, 0.25) is 5.91 Å². The summed E-state index contributed by atoms with van der Waals surface area (Å²) in [4.78, 5) is 14.7. The van der Waals surface area contributed by atoms with Crippen LogP contribution in [0, 0.1) is 6.92 Å². The topological polar surface area (TPSA) is 67.6 Å². The molecule has 1 atom stereocenters. The van der Waals surface area contributed by atoms with Gasteiger partial charge < -0.3 is 14.6 Å². The second-order valence-electron chi connectivity index (χ2n) is 6.67. The number of aryl methyl sites for hydroxylation is 1. The van der Waals surface area contributed by atoms with E-state index in [9.17, 15) is 4.79 Å². The van der Waals surface area contributed by atoms with Crippen LogP contribution in [0.2, 0.25) is 0 Å². The highest BCUT2D eigenvalue weighted by Gasteiger charge is 2.24. The number of rotatable bonds is 8. The maximum Gasteiger partial charge on any atom is 0.226 e. The summed E-state index contributed by atoms with van der Waals surface area (Å²) in [5.41, 5.74) is 1.87. The van der Waals surface area contributed by atoms with E-state index in [1.807, 2.05) is 26.0 Å². The molecule has 1 fully saturated rings. The van der Waals surface area contributed by atoms with Crippen LogP contribution in [-0.4, -0.2) is 42.2 Å². The van der Waals surface area contributed by atoms with Crippen molar-refractivity contribution in [2.24, 2.45) is 0 Å². The van der Waals surface area contributed by atoms with E-state index in [0.29, 0.717) is 18.8 Å². The molecule has 26 heavy (non-hydrogen) atoms. The smallest absolute Gasteiger partial charge is 0.226 e. The molecule has 1 saturated heterocycles. The summed E-state index contributed by atoms with van der Waals surface area (Å²) in [6, 6.07) is 10.2. The second-order valence-corrected chi connectivity index (χ2v) is 6.67. The predicted octanol–water partition coefficient (Wildman–Crippen LogP) is 2.88. The number of aromatic nitrogens is 1. The summed E-state index contributed by atoms with van der Waals surface area (Å²) in [5.74, 6) is 1.56. The largest absolute Gasteiger partial charge is 0.494 e. The van der Waals surface area contributed by atoms with Crippen molar-refractivity contribution in [3.8, 4) is 5.75 Å². The molecule has 1 aromatic carbocycles. The van der Waals surface area contributed by atoms with Crippen molar-refractivity contribution in [2.75, 3.05) is 26.2 Å². The highest BCUT2D eigenvalue weighted by atomic mass is 16.5. The van der Waals surface area contributed by atoms with Gasteiger partial charge in [-0.1, -0.05) is 17.3 Å². The first-order valence-electron chi connectivity index (χ1n) is 9.31. The van der Waals surface area contributed by atoms with E-state index in [1.165, 1.54) is 18.4 Å². The molecule has 1 unspecified atom stereocenters. The molecule has 1 aromatic heterocycles. The number of hydrogen-bond donors (Lipinski definition) is 1. The van der Waals surface area contributed by atoms with Gasteiger partial charge in [0.25, 0.3) is 0 Å². The van der Waals surface area contributed by atoms with Crippen molar-refractivity contribution >= 4 is 5.91 Å². The summed E-state index contributed by atoms with van der Waals surface area (Å²) < 4.78 is 10.6. The number of nitrogens with zero attached hydrogens (tertiary/aromatic N) is 2. The first-order valence-corrected chi connectivity index (χ1v) is 9.31. The summed E-state index contributed by atoms with van der Waals surface area (Å²) in [6.45, 7) is 7.18. The Kier molecular flexibility index (Phi) is 6.28. The van der Waals surface area contributed by atoms with Crippen LogP contribution >= 0.6 is 0 Å². The van der Waals surface area contributed by atoms with Crippen LogP contribution in [0.3, 0.4) is 0 Å². The highest BCUT2D eigenvalue weighted by Crippen LogP contribution is 2.26. The minimum absolute atomic E-state index is 0.0339. The zero-order valence-electron chi connectivity index (χ0n) is 15.5. The van der Waals surface area contributed by atoms with Crippen LogP contribution in [-0.2, 0) is 11.2 Å². The van der Waals surface area contributed by atoms with Crippen LogP contribution in [0.15, 0.2) is 34.9 Å². The van der Waals surface area contributed by atoms with Crippen molar-refractivity contribution in [1.29, 1.82) is 0 Å². The van der Waals surface area contributed by atoms with Gasteiger partial charge in [0, 0.05) is 12.6 Å². The summed E-state index contributed by atoms with van der Waals surface area (Å²) in [7, 11) is 0. The van der Waals surface area contributed by atoms with E-state index in [0.717, 1.165) is 24.6 Å². The molecule has 0 aliphatic carbocycles. The van der Waals surface area contributed by atoms with Gasteiger partial charge in [-0.2, -0.15) is 0 Å². The van der Waals surface area contributed by atoms with Crippen molar-refractivity contribution in [2.45, 2.75) is 39.2 Å². The van der Waals surface area contributed by atoms with Crippen LogP contribution in [0.5, 0.6) is 5.75 Å². The molecule has 2 heterocycles. The average Bonchev–Trinajstić information content (AvgIpc) is 3.29. The van der Waals surface area contributed by atoms with Crippen molar-refractivity contribution in [3.05, 3.63) is 47.3 Å². The molecular weight excluding hydrogens is 330 g/mol. The molecule has 2 aromatic rings. The third-order valence-corrected chi connectivity index (χ3v) is 4.67. The lowest BCUT2D eigenvalue weighted by Crippen LogP contribution is -2.37. The van der Waals surface area contributed by atoms with Crippen LogP contribution in [0.1, 0.15) is 42.8 Å². The maximum atomic E-state index is 12.3. The molecule has 1 aliphatic heterocycles. The Morgan fingerprint density at radius 1 is 1.31 bits per heavy atom. The Balaban J connectivity index is 1.63. The molecule has 0 bridgehead atoms. The van der Waals surface area contributed by atoms with Gasteiger partial charge in [-0.15, -0.1) is 0 Å². The number of carbonyl (C=O) groups excluding carboxylic acids is 1. The summed E-state index contributed by atoms with van der Waals surface area (Å²) in [6.07, 6.45) is 2.66. The molecule has 6 heteroatoms. The molecular formula is C20H27N3O3. The quantitative estimate of drug-likeness (QED) is 0.787. The fourth-order valence-corrected chi connectivity index (χ4v) is 3.40. The minimum Gasteiger partial charge on any atom is -0.494 e. The molecule has 1 amide bonds. The SMILES string of the molecule is CCOc1ccc(C(CNC(=O)Cc2cc(C)on2)N2CCCC2)cc1. The predicted molar refractivity (Wildman–Crippen MR) is 99.1 cm³/mol. The first kappa shape index (κ1) is 18.5. The molecule has 3 rings (SSSR count). The van der Waals surface area contributed by atoms with Crippen LogP contribution < -0.4 is 10.1 Å². The van der Waals surface area contributed by atoms with Gasteiger partial charge in [0.15, 0.2) is 0 Å². The number of benzene rings is 1. The van der Waals surface area contributed by atoms with Crippen LogP contribution in [0.25, 0.3) is 0 Å². The number of nitrogens with one attached hydrogen (secondary N) is 1. The third-order valence-electron chi connectivity index (χ3n) is 4.67. The van der Waals surface area contributed by atoms with Crippen molar-refractivity contribution in [1.82, 2.24) is 15.4 Å². The van der Waals surface area contributed by atoms with Gasteiger partial charge in [-0.25, -0.2) is 0 Å². The Hall–Kier alpha value is -2.34. The van der Waals surface area contributed by atoms with Gasteiger partial charge in [0.05, 0.1) is 24.8 Å². The van der Waals surface area contributed by atoms with E-state index in [-0.39, 0.29) is 18.4 Å². The summed E-state index contributed by atoms with van der Waals surface area (Å²) >= 11 is 0. The highest BCUT2D eigenvalue weighted by molar-refractivity contribution is 5.78. The number of ether oxygens (including phenoxy) is 1. The van der Waals surface area contributed by atoms with E-state index in [2.05, 4.69) is 27.5 Å². The number of likely N-dealkylation sites (tertiary alicyclic amines) is 1. The molecule has 0 saturated carbocycles. The summed E-state index contributed by atoms with van der Waals surface area (Å²) in [5, 5.41) is 6.95. The second kappa shape index (κ2) is 8.85. The van der Waals surface area contributed by atoms with E-state index < -0.39 is 0 Å². The standard InChI is InChI=1S/C20H27N3O3/c1-3-25-18-8-6-16(7-9-18)19(23-10-4-5-11-23)14-21-20(24)13-17-12-15(2)26-22-17/h6-9,12,19H,3-5,10-11,13-14H2,1-2H3,(H,21,24). The molecule has 6 nitrogen and oxygen atoms in total. The Morgan fingerprint density at radius 3 is 2.65 bits per heavy atom. The molecule has 0 radical (unpaired) electrons.